The standard InChI is InChI=1S/C20H20S12/c1-2-6-22-14-10-26-19(30-14)20-28-12-16(32-20)24-8-4-3-7-23-15-11-27-18(31-15)17-25-9-13(29-17)21-5-1/h9-12H,1-8H2/b18-17-,20-19+. The van der Waals surface area contributed by atoms with Gasteiger partial charge >= 0.3 is 0 Å². The van der Waals surface area contributed by atoms with Gasteiger partial charge in [0.05, 0.1) is 33.9 Å². The van der Waals surface area contributed by atoms with Gasteiger partial charge in [-0.25, -0.2) is 0 Å². The lowest BCUT2D eigenvalue weighted by Gasteiger charge is -2.06. The first kappa shape index (κ1) is 26.3. The summed E-state index contributed by atoms with van der Waals surface area (Å²) < 4.78 is 11.9. The summed E-state index contributed by atoms with van der Waals surface area (Å²) in [5.74, 6) is 4.94. The first-order chi connectivity index (χ1) is 15.8. The average Bonchev–Trinajstić information content (AvgIpc) is 3.59. The van der Waals surface area contributed by atoms with Gasteiger partial charge in [0.2, 0.25) is 0 Å². The molecular weight excluding hydrogens is 625 g/mol. The van der Waals surface area contributed by atoms with E-state index in [9.17, 15) is 0 Å². The van der Waals surface area contributed by atoms with Crippen LogP contribution in [-0.4, -0.2) is 23.0 Å². The van der Waals surface area contributed by atoms with Crippen LogP contribution in [0.4, 0.5) is 0 Å². The van der Waals surface area contributed by atoms with Gasteiger partial charge in [-0.15, -0.1) is 47.0 Å². The summed E-state index contributed by atoms with van der Waals surface area (Å²) in [7, 11) is 0. The Hall–Kier alpha value is 2.64. The average molecular weight is 645 g/mol. The third-order valence-electron chi connectivity index (χ3n) is 4.21. The number of hydrogen-bond acceptors (Lipinski definition) is 12. The number of thioether (sulfide) groups is 12. The van der Waals surface area contributed by atoms with Crippen molar-refractivity contribution in [1.82, 2.24) is 0 Å². The van der Waals surface area contributed by atoms with Crippen molar-refractivity contribution >= 4 is 141 Å². The highest BCUT2D eigenvalue weighted by atomic mass is 32.3. The van der Waals surface area contributed by atoms with Crippen LogP contribution in [0.2, 0.25) is 0 Å². The summed E-state index contributed by atoms with van der Waals surface area (Å²) in [6, 6.07) is 0. The second-order valence-corrected chi connectivity index (χ2v) is 20.9. The van der Waals surface area contributed by atoms with E-state index in [-0.39, 0.29) is 0 Å². The first-order valence-electron chi connectivity index (χ1n) is 10.0. The smallest absolute Gasteiger partial charge is 0.0706 e. The summed E-state index contributed by atoms with van der Waals surface area (Å²) in [5.41, 5.74) is 0. The molecule has 5 heterocycles. The molecule has 32 heavy (non-hydrogen) atoms. The van der Waals surface area contributed by atoms with Crippen molar-refractivity contribution in [1.29, 1.82) is 0 Å². The maximum atomic E-state index is 2.36. The van der Waals surface area contributed by atoms with E-state index >= 15 is 0 Å². The molecule has 0 fully saturated rings. The van der Waals surface area contributed by atoms with Crippen LogP contribution in [0.3, 0.4) is 0 Å². The van der Waals surface area contributed by atoms with Crippen LogP contribution in [0.25, 0.3) is 0 Å². The minimum atomic E-state index is 1.23. The van der Waals surface area contributed by atoms with Gasteiger partial charge in [-0.1, -0.05) is 94.1 Å². The molecule has 5 rings (SSSR count). The Morgan fingerprint density at radius 1 is 0.375 bits per heavy atom. The Kier molecular flexibility index (Phi) is 11.5. The van der Waals surface area contributed by atoms with Crippen molar-refractivity contribution in [3.63, 3.8) is 0 Å². The van der Waals surface area contributed by atoms with Gasteiger partial charge in [0.1, 0.15) is 0 Å². The third-order valence-corrected chi connectivity index (χ3v) is 20.5. The summed E-state index contributed by atoms with van der Waals surface area (Å²) in [5, 5.41) is 9.46. The molecule has 12 heteroatoms. The van der Waals surface area contributed by atoms with Crippen LogP contribution >= 0.6 is 141 Å². The predicted octanol–water partition coefficient (Wildman–Crippen LogP) is 11.9. The summed E-state index contributed by atoms with van der Waals surface area (Å²) >= 11 is 23.8. The minimum absolute atomic E-state index is 1.23. The Morgan fingerprint density at radius 2 is 0.625 bits per heavy atom. The van der Waals surface area contributed by atoms with Gasteiger partial charge in [-0.3, -0.25) is 0 Å². The van der Waals surface area contributed by atoms with E-state index < -0.39 is 0 Å². The highest BCUT2D eigenvalue weighted by molar-refractivity contribution is 8.41. The molecule has 0 atom stereocenters. The van der Waals surface area contributed by atoms with Crippen LogP contribution in [0.1, 0.15) is 25.7 Å². The van der Waals surface area contributed by atoms with Crippen LogP contribution in [0, 0.1) is 0 Å². The van der Waals surface area contributed by atoms with E-state index in [1.165, 1.54) is 82.6 Å². The lowest BCUT2D eigenvalue weighted by atomic mass is 10.4. The van der Waals surface area contributed by atoms with Crippen molar-refractivity contribution in [2.45, 2.75) is 25.7 Å². The van der Waals surface area contributed by atoms with Crippen molar-refractivity contribution in [3.05, 3.63) is 55.5 Å². The molecule has 172 valence electrons. The van der Waals surface area contributed by atoms with Crippen LogP contribution in [-0.2, 0) is 0 Å². The van der Waals surface area contributed by atoms with Crippen LogP contribution in [0.15, 0.2) is 55.5 Å². The maximum absolute atomic E-state index is 2.36. The summed E-state index contributed by atoms with van der Waals surface area (Å²) in [6.07, 6.45) is 5.20. The molecule has 5 aliphatic heterocycles. The molecule has 0 spiro atoms. The molecule has 0 aromatic carbocycles. The van der Waals surface area contributed by atoms with E-state index in [1.807, 2.05) is 141 Å². The van der Waals surface area contributed by atoms with Crippen LogP contribution in [0.5, 0.6) is 0 Å². The molecule has 0 aliphatic carbocycles. The van der Waals surface area contributed by atoms with E-state index in [1.54, 1.807) is 0 Å². The van der Waals surface area contributed by atoms with Crippen molar-refractivity contribution in [2.24, 2.45) is 0 Å². The van der Waals surface area contributed by atoms with Crippen molar-refractivity contribution in [3.8, 4) is 0 Å². The quantitative estimate of drug-likeness (QED) is 0.246. The topological polar surface area (TPSA) is 0 Å². The number of fused-ring (bicyclic) bond motifs is 8. The Balaban J connectivity index is 1.15. The molecule has 0 saturated carbocycles. The minimum Gasteiger partial charge on any atom is -0.118 e. The molecule has 0 aromatic rings. The second kappa shape index (κ2) is 14.0. The summed E-state index contributed by atoms with van der Waals surface area (Å²) in [4.78, 5) is 0. The molecule has 0 radical (unpaired) electrons. The maximum Gasteiger partial charge on any atom is 0.0706 e. The fraction of sp³-hybridized carbons (Fsp3) is 0.400. The number of hydrogen-bond donors (Lipinski definition) is 0. The molecule has 0 saturated heterocycles. The fourth-order valence-corrected chi connectivity index (χ4v) is 18.3. The SMILES string of the molecule is C1=C2SCCCCSC3=CS/C(=C4/SC=C(SCCCCSC5=CS/C(=C(\S1)S2)S5)S4)S3. The lowest BCUT2D eigenvalue weighted by Crippen LogP contribution is -1.84. The van der Waals surface area contributed by atoms with Gasteiger partial charge in [0, 0.05) is 0 Å². The molecule has 0 aromatic heterocycles. The van der Waals surface area contributed by atoms with Crippen LogP contribution < -0.4 is 0 Å². The van der Waals surface area contributed by atoms with E-state index in [4.69, 9.17) is 0 Å². The molecule has 0 amide bonds. The van der Waals surface area contributed by atoms with E-state index in [0.717, 1.165) is 0 Å². The van der Waals surface area contributed by atoms with E-state index in [0.29, 0.717) is 0 Å². The molecule has 5 aliphatic rings. The zero-order chi connectivity index (χ0) is 21.6. The Morgan fingerprint density at radius 3 is 0.875 bits per heavy atom. The summed E-state index contributed by atoms with van der Waals surface area (Å²) in [6.45, 7) is 0. The molecule has 0 N–H and O–H groups in total. The van der Waals surface area contributed by atoms with E-state index in [2.05, 4.69) is 21.6 Å². The Bertz CT molecular complexity index is 764. The van der Waals surface area contributed by atoms with Crippen molar-refractivity contribution in [2.75, 3.05) is 23.0 Å². The zero-order valence-electron chi connectivity index (χ0n) is 16.9. The van der Waals surface area contributed by atoms with Gasteiger partial charge in [-0.2, -0.15) is 0 Å². The largest absolute Gasteiger partial charge is 0.118 e. The highest BCUT2D eigenvalue weighted by Gasteiger charge is 2.24. The molecule has 8 bridgehead atoms. The van der Waals surface area contributed by atoms with Gasteiger partial charge in [0.25, 0.3) is 0 Å². The van der Waals surface area contributed by atoms with Gasteiger partial charge < -0.3 is 0 Å². The normalized spacial score (nSPS) is 30.5. The number of rotatable bonds is 0. The van der Waals surface area contributed by atoms with Gasteiger partial charge in [0.15, 0.2) is 0 Å². The third kappa shape index (κ3) is 7.82. The zero-order valence-corrected chi connectivity index (χ0v) is 26.7. The van der Waals surface area contributed by atoms with Gasteiger partial charge in [-0.05, 0) is 70.3 Å². The molecule has 0 unspecified atom stereocenters. The molecular formula is C20H20S12. The second-order valence-electron chi connectivity index (χ2n) is 6.59. The highest BCUT2D eigenvalue weighted by Crippen LogP contribution is 2.60. The fourth-order valence-electron chi connectivity index (χ4n) is 2.68. The first-order valence-corrected chi connectivity index (χ1v) is 20.7. The lowest BCUT2D eigenvalue weighted by molar-refractivity contribution is 0.910. The van der Waals surface area contributed by atoms with Crippen molar-refractivity contribution < 1.29 is 0 Å². The monoisotopic (exact) mass is 644 g/mol. The Labute approximate surface area is 242 Å². The predicted molar refractivity (Wildman–Crippen MR) is 175 cm³/mol. The molecule has 0 nitrogen and oxygen atoms in total.